The molecule has 0 unspecified atom stereocenters. The number of amides is 1. The number of ether oxygens (including phenoxy) is 2. The molecule has 0 aliphatic carbocycles. The van der Waals surface area contributed by atoms with Gasteiger partial charge in [-0.2, -0.15) is 5.10 Å². The molecule has 2 aliphatic heterocycles. The number of nitrogens with one attached hydrogen (secondary N) is 1. The quantitative estimate of drug-likeness (QED) is 0.728. The fraction of sp³-hybridized carbons (Fsp3) is 0.300. The number of hydrogen-bond donors (Lipinski definition) is 1. The highest BCUT2D eigenvalue weighted by Gasteiger charge is 2.26. The summed E-state index contributed by atoms with van der Waals surface area (Å²) in [6, 6.07) is 11.1. The smallest absolute Gasteiger partial charge is 0.231 e. The molecule has 9 heteroatoms. The molecule has 148 valence electrons. The number of rotatable bonds is 4. The Morgan fingerprint density at radius 3 is 2.59 bits per heavy atom. The van der Waals surface area contributed by atoms with Crippen molar-refractivity contribution in [2.24, 2.45) is 5.92 Å². The maximum Gasteiger partial charge on any atom is 0.231 e. The number of fused-ring (bicyclic) bond motifs is 1. The fourth-order valence-electron chi connectivity index (χ4n) is 3.60. The lowest BCUT2D eigenvalue weighted by Gasteiger charge is -2.31. The van der Waals surface area contributed by atoms with Crippen molar-refractivity contribution in [2.75, 3.05) is 30.1 Å². The average Bonchev–Trinajstić information content (AvgIpc) is 3.46. The number of carbonyl (C=O) groups is 1. The van der Waals surface area contributed by atoms with Gasteiger partial charge in [-0.15, -0.1) is 10.2 Å². The number of anilines is 2. The van der Waals surface area contributed by atoms with Crippen molar-refractivity contribution in [3.63, 3.8) is 0 Å². The SMILES string of the molecule is O=C(Nc1ccc2c(c1)OCO2)C1CCN(c2ccc(-n3cccn3)nn2)CC1. The van der Waals surface area contributed by atoms with E-state index < -0.39 is 0 Å². The highest BCUT2D eigenvalue weighted by Crippen LogP contribution is 2.34. The van der Waals surface area contributed by atoms with Crippen LogP contribution in [0.5, 0.6) is 11.5 Å². The van der Waals surface area contributed by atoms with Gasteiger partial charge in [0.2, 0.25) is 12.7 Å². The molecule has 0 saturated carbocycles. The van der Waals surface area contributed by atoms with Crippen molar-refractivity contribution in [3.8, 4) is 17.3 Å². The van der Waals surface area contributed by atoms with Crippen molar-refractivity contribution in [2.45, 2.75) is 12.8 Å². The summed E-state index contributed by atoms with van der Waals surface area (Å²) in [5, 5.41) is 15.7. The van der Waals surface area contributed by atoms with E-state index in [4.69, 9.17) is 9.47 Å². The zero-order valence-electron chi connectivity index (χ0n) is 15.7. The maximum absolute atomic E-state index is 12.6. The van der Waals surface area contributed by atoms with Gasteiger partial charge in [0.15, 0.2) is 23.1 Å². The van der Waals surface area contributed by atoms with E-state index in [-0.39, 0.29) is 18.6 Å². The number of carbonyl (C=O) groups excluding carboxylic acids is 1. The lowest BCUT2D eigenvalue weighted by molar-refractivity contribution is -0.120. The summed E-state index contributed by atoms with van der Waals surface area (Å²) in [5.41, 5.74) is 0.724. The molecule has 1 amide bonds. The fourth-order valence-corrected chi connectivity index (χ4v) is 3.60. The largest absolute Gasteiger partial charge is 0.454 e. The topological polar surface area (TPSA) is 94.4 Å². The van der Waals surface area contributed by atoms with Crippen molar-refractivity contribution in [3.05, 3.63) is 48.8 Å². The predicted molar refractivity (Wildman–Crippen MR) is 105 cm³/mol. The molecule has 3 aromatic rings. The van der Waals surface area contributed by atoms with Crippen LogP contribution in [0, 0.1) is 5.92 Å². The van der Waals surface area contributed by atoms with E-state index in [2.05, 4.69) is 25.5 Å². The van der Waals surface area contributed by atoms with Gasteiger partial charge in [-0.1, -0.05) is 0 Å². The second kappa shape index (κ2) is 7.42. The lowest BCUT2D eigenvalue weighted by Crippen LogP contribution is -2.38. The summed E-state index contributed by atoms with van der Waals surface area (Å²) in [6.07, 6.45) is 5.06. The van der Waals surface area contributed by atoms with Crippen molar-refractivity contribution in [1.82, 2.24) is 20.0 Å². The van der Waals surface area contributed by atoms with Gasteiger partial charge in [-0.3, -0.25) is 4.79 Å². The molecule has 0 bridgehead atoms. The predicted octanol–water partition coefficient (Wildman–Crippen LogP) is 2.25. The van der Waals surface area contributed by atoms with Crippen LogP contribution in [0.1, 0.15) is 12.8 Å². The molecule has 5 rings (SSSR count). The van der Waals surface area contributed by atoms with Crippen LogP contribution in [-0.2, 0) is 4.79 Å². The molecule has 2 aromatic heterocycles. The van der Waals surface area contributed by atoms with Gasteiger partial charge >= 0.3 is 0 Å². The van der Waals surface area contributed by atoms with Crippen molar-refractivity contribution < 1.29 is 14.3 Å². The second-order valence-electron chi connectivity index (χ2n) is 7.02. The van der Waals surface area contributed by atoms with E-state index in [0.29, 0.717) is 17.3 Å². The van der Waals surface area contributed by atoms with Gasteiger partial charge in [0.1, 0.15) is 0 Å². The lowest BCUT2D eigenvalue weighted by atomic mass is 9.96. The normalized spacial score (nSPS) is 16.1. The first-order valence-electron chi connectivity index (χ1n) is 9.55. The molecular weight excluding hydrogens is 372 g/mol. The van der Waals surface area contributed by atoms with Crippen LogP contribution in [0.4, 0.5) is 11.5 Å². The molecule has 1 N–H and O–H groups in total. The third-order valence-corrected chi connectivity index (χ3v) is 5.21. The summed E-state index contributed by atoms with van der Waals surface area (Å²) in [4.78, 5) is 14.8. The Morgan fingerprint density at radius 2 is 1.83 bits per heavy atom. The van der Waals surface area contributed by atoms with Crippen LogP contribution in [-0.4, -0.2) is 45.8 Å². The van der Waals surface area contributed by atoms with Crippen LogP contribution in [0.2, 0.25) is 0 Å². The molecular formula is C20H20N6O3. The van der Waals surface area contributed by atoms with E-state index >= 15 is 0 Å². The molecule has 4 heterocycles. The Labute approximate surface area is 167 Å². The Bertz CT molecular complexity index is 998. The number of piperidine rings is 1. The summed E-state index contributed by atoms with van der Waals surface area (Å²) >= 11 is 0. The summed E-state index contributed by atoms with van der Waals surface area (Å²) in [7, 11) is 0. The van der Waals surface area contributed by atoms with Gasteiger partial charge in [0.25, 0.3) is 0 Å². The maximum atomic E-state index is 12.6. The summed E-state index contributed by atoms with van der Waals surface area (Å²) < 4.78 is 12.3. The molecule has 1 saturated heterocycles. The van der Waals surface area contributed by atoms with Gasteiger partial charge in [0, 0.05) is 43.2 Å². The molecule has 0 spiro atoms. The minimum atomic E-state index is -0.0343. The Morgan fingerprint density at radius 1 is 1.03 bits per heavy atom. The molecule has 0 radical (unpaired) electrons. The molecule has 1 fully saturated rings. The molecule has 1 aromatic carbocycles. The molecule has 2 aliphatic rings. The number of hydrogen-bond acceptors (Lipinski definition) is 7. The van der Waals surface area contributed by atoms with Crippen molar-refractivity contribution in [1.29, 1.82) is 0 Å². The standard InChI is InChI=1S/C20H20N6O3/c27-20(22-15-2-3-16-17(12-15)29-13-28-16)14-6-10-25(11-7-14)18-4-5-19(24-23-18)26-9-1-8-21-26/h1-5,8-9,12,14H,6-7,10-11,13H2,(H,22,27). The second-order valence-corrected chi connectivity index (χ2v) is 7.02. The first-order chi connectivity index (χ1) is 14.3. The van der Waals surface area contributed by atoms with Crippen LogP contribution in [0.3, 0.4) is 0 Å². The van der Waals surface area contributed by atoms with Crippen LogP contribution < -0.4 is 19.7 Å². The molecule has 29 heavy (non-hydrogen) atoms. The highest BCUT2D eigenvalue weighted by molar-refractivity contribution is 5.93. The summed E-state index contributed by atoms with van der Waals surface area (Å²) in [5.74, 6) is 2.86. The molecule has 9 nitrogen and oxygen atoms in total. The Hall–Kier alpha value is -3.62. The molecule has 0 atom stereocenters. The van der Waals surface area contributed by atoms with Gasteiger partial charge in [-0.05, 0) is 43.2 Å². The average molecular weight is 392 g/mol. The Kier molecular flexibility index (Phi) is 4.47. The minimum absolute atomic E-state index is 0.0311. The van der Waals surface area contributed by atoms with Crippen molar-refractivity contribution >= 4 is 17.4 Å². The van der Waals surface area contributed by atoms with Crippen LogP contribution in [0.15, 0.2) is 48.8 Å². The minimum Gasteiger partial charge on any atom is -0.454 e. The van der Waals surface area contributed by atoms with E-state index in [9.17, 15) is 4.79 Å². The van der Waals surface area contributed by atoms with E-state index in [0.717, 1.165) is 37.4 Å². The number of aromatic nitrogens is 4. The van der Waals surface area contributed by atoms with E-state index in [1.807, 2.05) is 36.5 Å². The van der Waals surface area contributed by atoms with Gasteiger partial charge in [0.05, 0.1) is 0 Å². The zero-order valence-corrected chi connectivity index (χ0v) is 15.7. The van der Waals surface area contributed by atoms with Gasteiger partial charge in [-0.25, -0.2) is 4.68 Å². The monoisotopic (exact) mass is 392 g/mol. The van der Waals surface area contributed by atoms with Gasteiger partial charge < -0.3 is 19.7 Å². The zero-order chi connectivity index (χ0) is 19.6. The van der Waals surface area contributed by atoms with E-state index in [1.54, 1.807) is 16.9 Å². The van der Waals surface area contributed by atoms with Crippen LogP contribution >= 0.6 is 0 Å². The summed E-state index contributed by atoms with van der Waals surface area (Å²) in [6.45, 7) is 1.74. The first kappa shape index (κ1) is 17.5. The third kappa shape index (κ3) is 3.58. The number of nitrogens with zero attached hydrogens (tertiary/aromatic N) is 5. The highest BCUT2D eigenvalue weighted by atomic mass is 16.7. The van der Waals surface area contributed by atoms with E-state index in [1.165, 1.54) is 0 Å². The third-order valence-electron chi connectivity index (χ3n) is 5.21. The van der Waals surface area contributed by atoms with Crippen LogP contribution in [0.25, 0.3) is 5.82 Å². The Balaban J connectivity index is 1.17. The first-order valence-corrected chi connectivity index (χ1v) is 9.55. The number of benzene rings is 1.